The number of nitrogens with one attached hydrogen (secondary N) is 1. The number of fused-ring (bicyclic) bond motifs is 3. The second kappa shape index (κ2) is 10.6. The second-order valence-electron chi connectivity index (χ2n) is 9.33. The predicted molar refractivity (Wildman–Crippen MR) is 134 cm³/mol. The minimum atomic E-state index is -0.614. The van der Waals surface area contributed by atoms with Gasteiger partial charge < -0.3 is 19.5 Å². The standard InChI is InChI=1S/C27H33N5O3/c1-20-26-29-22-10-5-6-11-23(22)32(26)24(27(34)31(20)19-21-8-3-2-4-9-21)18-25(33)28-12-7-13-30-14-16-35-17-15-30/h2-6,8-11,20,24H,7,12-19H2,1H3,(H,28,33)/t20-,24+/m0/s1. The van der Waals surface area contributed by atoms with Crippen molar-refractivity contribution < 1.29 is 14.3 Å². The minimum Gasteiger partial charge on any atom is -0.379 e. The van der Waals surface area contributed by atoms with Crippen molar-refractivity contribution in [2.24, 2.45) is 0 Å². The van der Waals surface area contributed by atoms with E-state index < -0.39 is 6.04 Å². The number of hydrogen-bond donors (Lipinski definition) is 1. The number of ether oxygens (including phenoxy) is 1. The number of hydrogen-bond acceptors (Lipinski definition) is 5. The van der Waals surface area contributed by atoms with Crippen LogP contribution in [-0.4, -0.2) is 70.6 Å². The third-order valence-electron chi connectivity index (χ3n) is 7.00. The molecule has 0 spiro atoms. The summed E-state index contributed by atoms with van der Waals surface area (Å²) in [5.74, 6) is 0.676. The van der Waals surface area contributed by atoms with E-state index in [9.17, 15) is 9.59 Å². The normalized spacial score (nSPS) is 20.7. The summed E-state index contributed by atoms with van der Waals surface area (Å²) >= 11 is 0. The third kappa shape index (κ3) is 5.09. The first kappa shape index (κ1) is 23.5. The van der Waals surface area contributed by atoms with Gasteiger partial charge in [-0.25, -0.2) is 4.98 Å². The van der Waals surface area contributed by atoms with Crippen molar-refractivity contribution >= 4 is 22.8 Å². The van der Waals surface area contributed by atoms with Crippen molar-refractivity contribution in [1.29, 1.82) is 0 Å². The van der Waals surface area contributed by atoms with Gasteiger partial charge in [0.1, 0.15) is 11.9 Å². The van der Waals surface area contributed by atoms with Gasteiger partial charge in [-0.1, -0.05) is 42.5 Å². The van der Waals surface area contributed by atoms with Crippen molar-refractivity contribution in [3.05, 3.63) is 66.0 Å². The zero-order valence-corrected chi connectivity index (χ0v) is 20.2. The maximum atomic E-state index is 13.8. The molecule has 0 bridgehead atoms. The number of nitrogens with zero attached hydrogens (tertiary/aromatic N) is 4. The molecule has 2 atom stereocenters. The molecule has 0 unspecified atom stereocenters. The second-order valence-corrected chi connectivity index (χ2v) is 9.33. The van der Waals surface area contributed by atoms with Gasteiger partial charge >= 0.3 is 0 Å². The molecule has 2 aromatic carbocycles. The Morgan fingerprint density at radius 3 is 2.63 bits per heavy atom. The smallest absolute Gasteiger partial charge is 0.247 e. The number of carbonyl (C=O) groups excluding carboxylic acids is 2. The van der Waals surface area contributed by atoms with Gasteiger partial charge in [0.05, 0.1) is 36.7 Å². The van der Waals surface area contributed by atoms with Crippen LogP contribution in [0.3, 0.4) is 0 Å². The van der Waals surface area contributed by atoms with E-state index in [1.807, 2.05) is 71.0 Å². The van der Waals surface area contributed by atoms with Gasteiger partial charge in [0, 0.05) is 26.2 Å². The molecule has 8 heteroatoms. The lowest BCUT2D eigenvalue weighted by Gasteiger charge is -2.38. The molecule has 3 heterocycles. The Balaban J connectivity index is 1.32. The summed E-state index contributed by atoms with van der Waals surface area (Å²) in [6, 6.07) is 17.0. The van der Waals surface area contributed by atoms with Gasteiger partial charge in [0.2, 0.25) is 11.8 Å². The maximum Gasteiger partial charge on any atom is 0.247 e. The highest BCUT2D eigenvalue weighted by molar-refractivity contribution is 5.90. The summed E-state index contributed by atoms with van der Waals surface area (Å²) in [5, 5.41) is 3.04. The van der Waals surface area contributed by atoms with Crippen LogP contribution >= 0.6 is 0 Å². The lowest BCUT2D eigenvalue weighted by Crippen LogP contribution is -2.46. The molecule has 35 heavy (non-hydrogen) atoms. The third-order valence-corrected chi connectivity index (χ3v) is 7.00. The highest BCUT2D eigenvalue weighted by atomic mass is 16.5. The minimum absolute atomic E-state index is 0.0412. The molecule has 1 saturated heterocycles. The van der Waals surface area contributed by atoms with Crippen LogP contribution in [0.4, 0.5) is 0 Å². The van der Waals surface area contributed by atoms with Crippen molar-refractivity contribution in [3.8, 4) is 0 Å². The topological polar surface area (TPSA) is 79.7 Å². The summed E-state index contributed by atoms with van der Waals surface area (Å²) < 4.78 is 7.37. The van der Waals surface area contributed by atoms with Gasteiger partial charge in [-0.15, -0.1) is 0 Å². The highest BCUT2D eigenvalue weighted by Gasteiger charge is 2.40. The quantitative estimate of drug-likeness (QED) is 0.507. The largest absolute Gasteiger partial charge is 0.379 e. The van der Waals surface area contributed by atoms with E-state index in [1.54, 1.807) is 0 Å². The average molecular weight is 476 g/mol. The van der Waals surface area contributed by atoms with Crippen LogP contribution in [-0.2, 0) is 20.9 Å². The van der Waals surface area contributed by atoms with Gasteiger partial charge in [0.25, 0.3) is 0 Å². The van der Waals surface area contributed by atoms with E-state index >= 15 is 0 Å². The average Bonchev–Trinajstić information content (AvgIpc) is 3.28. The van der Waals surface area contributed by atoms with Crippen LogP contribution in [0.1, 0.15) is 43.2 Å². The molecule has 2 aliphatic rings. The first-order valence-corrected chi connectivity index (χ1v) is 12.5. The first-order valence-electron chi connectivity index (χ1n) is 12.5. The van der Waals surface area contributed by atoms with E-state index in [2.05, 4.69) is 10.2 Å². The molecule has 3 aromatic rings. The SMILES string of the molecule is C[C@H]1c2nc3ccccc3n2[C@H](CC(=O)NCCCN2CCOCC2)C(=O)N1Cc1ccccc1. The highest BCUT2D eigenvalue weighted by Crippen LogP contribution is 2.37. The molecule has 2 amide bonds. The molecule has 1 fully saturated rings. The van der Waals surface area contributed by atoms with Gasteiger partial charge in [-0.3, -0.25) is 14.5 Å². The number of carbonyl (C=O) groups is 2. The van der Waals surface area contributed by atoms with Gasteiger partial charge in [-0.05, 0) is 37.6 Å². The molecule has 184 valence electrons. The summed E-state index contributed by atoms with van der Waals surface area (Å²) in [6.45, 7) is 7.46. The molecule has 0 saturated carbocycles. The Morgan fingerprint density at radius 1 is 1.09 bits per heavy atom. The number of amides is 2. The number of imidazole rings is 1. The van der Waals surface area contributed by atoms with E-state index in [-0.39, 0.29) is 24.3 Å². The molecule has 5 rings (SSSR count). The Bertz CT molecular complexity index is 1170. The lowest BCUT2D eigenvalue weighted by molar-refractivity contribution is -0.142. The number of rotatable bonds is 8. The molecule has 0 aliphatic carbocycles. The van der Waals surface area contributed by atoms with E-state index in [0.717, 1.165) is 61.7 Å². The summed E-state index contributed by atoms with van der Waals surface area (Å²) in [6.07, 6.45) is 0.975. The van der Waals surface area contributed by atoms with Crippen LogP contribution in [0.5, 0.6) is 0 Å². The molecule has 0 radical (unpaired) electrons. The Kier molecular flexibility index (Phi) is 7.11. The van der Waals surface area contributed by atoms with Crippen LogP contribution < -0.4 is 5.32 Å². The van der Waals surface area contributed by atoms with Crippen molar-refractivity contribution in [2.45, 2.75) is 38.4 Å². The zero-order valence-electron chi connectivity index (χ0n) is 20.2. The van der Waals surface area contributed by atoms with Crippen LogP contribution in [0.25, 0.3) is 11.0 Å². The van der Waals surface area contributed by atoms with Crippen molar-refractivity contribution in [1.82, 2.24) is 24.7 Å². The fraction of sp³-hybridized carbons (Fsp3) is 0.444. The van der Waals surface area contributed by atoms with E-state index in [0.29, 0.717) is 13.1 Å². The van der Waals surface area contributed by atoms with Crippen LogP contribution in [0, 0.1) is 0 Å². The Morgan fingerprint density at radius 2 is 1.83 bits per heavy atom. The predicted octanol–water partition coefficient (Wildman–Crippen LogP) is 2.91. The monoisotopic (exact) mass is 475 g/mol. The number of morpholine rings is 1. The van der Waals surface area contributed by atoms with Crippen LogP contribution in [0.15, 0.2) is 54.6 Å². The maximum absolute atomic E-state index is 13.8. The molecule has 2 aliphatic heterocycles. The molecular formula is C27H33N5O3. The van der Waals surface area contributed by atoms with Crippen LogP contribution in [0.2, 0.25) is 0 Å². The number of benzene rings is 2. The van der Waals surface area contributed by atoms with Crippen molar-refractivity contribution in [2.75, 3.05) is 39.4 Å². The lowest BCUT2D eigenvalue weighted by atomic mass is 10.0. The summed E-state index contributed by atoms with van der Waals surface area (Å²) in [7, 11) is 0. The first-order chi connectivity index (χ1) is 17.1. The van der Waals surface area contributed by atoms with Gasteiger partial charge in [0.15, 0.2) is 0 Å². The fourth-order valence-electron chi connectivity index (χ4n) is 5.09. The van der Waals surface area contributed by atoms with E-state index in [4.69, 9.17) is 9.72 Å². The number of para-hydroxylation sites is 2. The Hall–Kier alpha value is -3.23. The molecule has 1 aromatic heterocycles. The zero-order chi connectivity index (χ0) is 24.2. The Labute approximate surface area is 205 Å². The van der Waals surface area contributed by atoms with E-state index in [1.165, 1.54) is 0 Å². The summed E-state index contributed by atoms with van der Waals surface area (Å²) in [5.41, 5.74) is 2.80. The molecular weight excluding hydrogens is 442 g/mol. The summed E-state index contributed by atoms with van der Waals surface area (Å²) in [4.78, 5) is 35.8. The fourth-order valence-corrected chi connectivity index (χ4v) is 5.09. The number of aromatic nitrogens is 2. The van der Waals surface area contributed by atoms with Crippen molar-refractivity contribution in [3.63, 3.8) is 0 Å². The molecule has 8 nitrogen and oxygen atoms in total. The van der Waals surface area contributed by atoms with Gasteiger partial charge in [-0.2, -0.15) is 0 Å². The molecule has 1 N–H and O–H groups in total.